The molecule has 0 unspecified atom stereocenters. The van der Waals surface area contributed by atoms with Crippen molar-refractivity contribution < 1.29 is 19.1 Å². The molecule has 0 heterocycles. The van der Waals surface area contributed by atoms with Gasteiger partial charge in [0.25, 0.3) is 0 Å². The van der Waals surface area contributed by atoms with Crippen LogP contribution in [0.25, 0.3) is 23.3 Å². The Morgan fingerprint density at radius 3 is 2.15 bits per heavy atom. The molecule has 0 radical (unpaired) electrons. The maximum absolute atomic E-state index is 12.1. The lowest BCUT2D eigenvalue weighted by Gasteiger charge is -2.20. The molecule has 0 bridgehead atoms. The topological polar surface area (TPSA) is 64.6 Å². The van der Waals surface area contributed by atoms with Gasteiger partial charge in [0.2, 0.25) is 0 Å². The molecule has 5 nitrogen and oxygen atoms in total. The Labute approximate surface area is 195 Å². The van der Waals surface area contributed by atoms with Crippen LogP contribution < -0.4 is 10.1 Å². The van der Waals surface area contributed by atoms with Crippen LogP contribution in [0.3, 0.4) is 0 Å². The van der Waals surface area contributed by atoms with E-state index in [1.807, 2.05) is 81.5 Å². The van der Waals surface area contributed by atoms with Gasteiger partial charge in [0.15, 0.2) is 0 Å². The smallest absolute Gasteiger partial charge is 0.407 e. The van der Waals surface area contributed by atoms with Crippen LogP contribution in [0.5, 0.6) is 5.75 Å². The van der Waals surface area contributed by atoms with Crippen LogP contribution in [0, 0.1) is 0 Å². The monoisotopic (exact) mass is 443 g/mol. The number of esters is 1. The first kappa shape index (κ1) is 23.8. The molecule has 0 saturated heterocycles. The van der Waals surface area contributed by atoms with Crippen LogP contribution in [0.4, 0.5) is 4.79 Å². The summed E-state index contributed by atoms with van der Waals surface area (Å²) in [5, 5.41) is 2.85. The first-order chi connectivity index (χ1) is 15.7. The predicted octanol–water partition coefficient (Wildman–Crippen LogP) is 6.47. The zero-order valence-electron chi connectivity index (χ0n) is 19.4. The second-order valence-electron chi connectivity index (χ2n) is 8.60. The lowest BCUT2D eigenvalue weighted by molar-refractivity contribution is -0.131. The highest BCUT2D eigenvalue weighted by Gasteiger charge is 2.16. The van der Waals surface area contributed by atoms with Crippen molar-refractivity contribution in [1.82, 2.24) is 5.32 Å². The van der Waals surface area contributed by atoms with Crippen molar-refractivity contribution in [2.75, 3.05) is 0 Å². The van der Waals surface area contributed by atoms with Gasteiger partial charge >= 0.3 is 12.1 Å². The van der Waals surface area contributed by atoms with E-state index in [-0.39, 0.29) is 5.97 Å². The van der Waals surface area contributed by atoms with Crippen molar-refractivity contribution in [2.24, 2.45) is 0 Å². The summed E-state index contributed by atoms with van der Waals surface area (Å²) in [5.74, 6) is 0.179. The van der Waals surface area contributed by atoms with Gasteiger partial charge in [-0.3, -0.25) is 4.79 Å². The molecule has 0 aromatic heterocycles. The molecule has 0 atom stereocenters. The van der Waals surface area contributed by atoms with Gasteiger partial charge in [-0.2, -0.15) is 0 Å². The molecule has 3 rings (SSSR count). The number of carbonyl (C=O) groups is 2. The second-order valence-corrected chi connectivity index (χ2v) is 8.60. The maximum atomic E-state index is 12.1. The van der Waals surface area contributed by atoms with Crippen molar-refractivity contribution in [3.05, 3.63) is 89.5 Å². The van der Waals surface area contributed by atoms with Gasteiger partial charge in [0.1, 0.15) is 11.4 Å². The summed E-state index contributed by atoms with van der Waals surface area (Å²) >= 11 is 0. The summed E-state index contributed by atoms with van der Waals surface area (Å²) in [5.41, 5.74) is 4.59. The molecule has 0 aliphatic rings. The number of rotatable bonds is 6. The summed E-state index contributed by atoms with van der Waals surface area (Å²) in [4.78, 5) is 23.2. The predicted molar refractivity (Wildman–Crippen MR) is 132 cm³/mol. The number of hydrogen-bond acceptors (Lipinski definition) is 4. The maximum Gasteiger partial charge on any atom is 0.407 e. The number of nitrogens with one attached hydrogen (secondary N) is 1. The molecule has 170 valence electrons. The number of alkyl carbamates (subject to hydrolysis) is 1. The van der Waals surface area contributed by atoms with Crippen molar-refractivity contribution in [2.45, 2.75) is 39.8 Å². The number of benzene rings is 3. The summed E-state index contributed by atoms with van der Waals surface area (Å²) in [7, 11) is 0. The largest absolute Gasteiger partial charge is 0.444 e. The molecule has 3 aromatic carbocycles. The quantitative estimate of drug-likeness (QED) is 0.269. The molecule has 0 aliphatic heterocycles. The van der Waals surface area contributed by atoms with E-state index in [0.29, 0.717) is 12.3 Å². The fourth-order valence-corrected chi connectivity index (χ4v) is 3.31. The second kappa shape index (κ2) is 10.6. The van der Waals surface area contributed by atoms with E-state index in [9.17, 15) is 9.59 Å². The first-order valence-corrected chi connectivity index (χ1v) is 10.8. The molecular formula is C28H29NO4. The van der Waals surface area contributed by atoms with Crippen LogP contribution in [0.1, 0.15) is 44.4 Å². The van der Waals surface area contributed by atoms with Crippen LogP contribution in [-0.4, -0.2) is 17.7 Å². The molecule has 0 fully saturated rings. The lowest BCUT2D eigenvalue weighted by atomic mass is 9.95. The Morgan fingerprint density at radius 2 is 1.48 bits per heavy atom. The molecule has 0 aliphatic carbocycles. The van der Waals surface area contributed by atoms with E-state index in [0.717, 1.165) is 27.8 Å². The minimum absolute atomic E-state index is 0.341. The van der Waals surface area contributed by atoms with Gasteiger partial charge < -0.3 is 14.8 Å². The van der Waals surface area contributed by atoms with Crippen LogP contribution >= 0.6 is 0 Å². The average molecular weight is 444 g/mol. The highest BCUT2D eigenvalue weighted by Crippen LogP contribution is 2.29. The van der Waals surface area contributed by atoms with Gasteiger partial charge in [-0.15, -0.1) is 0 Å². The third-order valence-electron chi connectivity index (χ3n) is 4.69. The average Bonchev–Trinajstić information content (AvgIpc) is 2.76. The SMILES string of the molecule is CC(=O)Oc1ccc(C=Cc2ccccc2-c2ccccc2CNC(=O)OC(C)(C)C)cc1. The summed E-state index contributed by atoms with van der Waals surface area (Å²) in [6, 6.07) is 23.4. The summed E-state index contributed by atoms with van der Waals surface area (Å²) in [6.07, 6.45) is 3.62. The molecule has 3 aromatic rings. The van der Waals surface area contributed by atoms with E-state index in [1.54, 1.807) is 12.1 Å². The highest BCUT2D eigenvalue weighted by molar-refractivity contribution is 5.82. The molecule has 0 spiro atoms. The van der Waals surface area contributed by atoms with E-state index in [1.165, 1.54) is 6.92 Å². The molecule has 1 amide bonds. The normalized spacial score (nSPS) is 11.3. The summed E-state index contributed by atoms with van der Waals surface area (Å²) < 4.78 is 10.4. The van der Waals surface area contributed by atoms with E-state index in [2.05, 4.69) is 17.4 Å². The van der Waals surface area contributed by atoms with Crippen LogP contribution in [-0.2, 0) is 16.1 Å². The van der Waals surface area contributed by atoms with Gasteiger partial charge in [0, 0.05) is 13.5 Å². The fraction of sp³-hybridized carbons (Fsp3) is 0.214. The third-order valence-corrected chi connectivity index (χ3v) is 4.69. The molecular weight excluding hydrogens is 414 g/mol. The molecule has 5 heteroatoms. The fourth-order valence-electron chi connectivity index (χ4n) is 3.31. The van der Waals surface area contributed by atoms with Crippen molar-refractivity contribution in [1.29, 1.82) is 0 Å². The van der Waals surface area contributed by atoms with Gasteiger partial charge in [-0.25, -0.2) is 4.79 Å². The zero-order valence-corrected chi connectivity index (χ0v) is 19.4. The minimum atomic E-state index is -0.544. The molecule has 0 saturated carbocycles. The highest BCUT2D eigenvalue weighted by atomic mass is 16.6. The van der Waals surface area contributed by atoms with Crippen LogP contribution in [0.2, 0.25) is 0 Å². The Kier molecular flexibility index (Phi) is 7.67. The zero-order chi connectivity index (χ0) is 23.8. The van der Waals surface area contributed by atoms with Gasteiger partial charge in [-0.05, 0) is 60.7 Å². The number of hydrogen-bond donors (Lipinski definition) is 1. The number of amides is 1. The minimum Gasteiger partial charge on any atom is -0.444 e. The molecule has 1 N–H and O–H groups in total. The van der Waals surface area contributed by atoms with E-state index >= 15 is 0 Å². The Hall–Kier alpha value is -3.86. The van der Waals surface area contributed by atoms with E-state index in [4.69, 9.17) is 9.47 Å². The Bertz CT molecular complexity index is 1140. The Morgan fingerprint density at radius 1 is 0.848 bits per heavy atom. The van der Waals surface area contributed by atoms with Crippen molar-refractivity contribution in [3.8, 4) is 16.9 Å². The van der Waals surface area contributed by atoms with E-state index < -0.39 is 11.7 Å². The molecule has 33 heavy (non-hydrogen) atoms. The lowest BCUT2D eigenvalue weighted by Crippen LogP contribution is -2.32. The van der Waals surface area contributed by atoms with Gasteiger partial charge in [0.05, 0.1) is 0 Å². The first-order valence-electron chi connectivity index (χ1n) is 10.8. The Balaban J connectivity index is 1.81. The van der Waals surface area contributed by atoms with Crippen molar-refractivity contribution in [3.63, 3.8) is 0 Å². The van der Waals surface area contributed by atoms with Crippen LogP contribution in [0.15, 0.2) is 72.8 Å². The number of ether oxygens (including phenoxy) is 2. The standard InChI is InChI=1S/C28H29NO4/c1-20(30)32-24-17-14-21(15-18-24)13-16-22-9-5-7-11-25(22)26-12-8-6-10-23(26)19-29-27(31)33-28(2,3)4/h5-18H,19H2,1-4H3,(H,29,31). The third kappa shape index (κ3) is 7.35. The van der Waals surface area contributed by atoms with Crippen molar-refractivity contribution >= 4 is 24.2 Å². The number of carbonyl (C=O) groups excluding carboxylic acids is 2. The van der Waals surface area contributed by atoms with Gasteiger partial charge in [-0.1, -0.05) is 72.8 Å². The summed E-state index contributed by atoms with van der Waals surface area (Å²) in [6.45, 7) is 7.26.